The third-order valence-electron chi connectivity index (χ3n) is 5.15. The number of hydrogen-bond acceptors (Lipinski definition) is 5. The summed E-state index contributed by atoms with van der Waals surface area (Å²) in [5.41, 5.74) is 2.42. The van der Waals surface area contributed by atoms with E-state index in [1.165, 1.54) is 19.2 Å². The van der Waals surface area contributed by atoms with Crippen LogP contribution in [-0.2, 0) is 7.05 Å². The highest BCUT2D eigenvalue weighted by Crippen LogP contribution is 2.33. The molecule has 1 N–H and O–H groups in total. The molecule has 0 unspecified atom stereocenters. The number of halogens is 1. The molecule has 2 aromatic heterocycles. The van der Waals surface area contributed by atoms with Gasteiger partial charge >= 0.3 is 0 Å². The summed E-state index contributed by atoms with van der Waals surface area (Å²) in [5.74, 6) is -0.987. The number of nitrogens with one attached hydrogen (secondary N) is 1. The Kier molecular flexibility index (Phi) is 5.27. The van der Waals surface area contributed by atoms with Gasteiger partial charge in [-0.25, -0.2) is 14.1 Å². The minimum Gasteiger partial charge on any atom is -0.298 e. The van der Waals surface area contributed by atoms with Gasteiger partial charge in [0.15, 0.2) is 5.13 Å². The molecule has 5 aromatic rings. The molecule has 0 fully saturated rings. The van der Waals surface area contributed by atoms with E-state index in [-0.39, 0.29) is 16.5 Å². The van der Waals surface area contributed by atoms with Crippen LogP contribution < -0.4 is 10.9 Å². The summed E-state index contributed by atoms with van der Waals surface area (Å²) in [6.45, 7) is 0. The standard InChI is InChI=1S/C25H17FN4O2S/c1-30-24(32)21(23(31)28-25-27-18-13-12-17(26)14-19(18)33-25)20(15-8-4-2-5-9-15)22(29-30)16-10-6-3-7-11-16/h2-14H,1H3,(H,27,28,31). The minimum atomic E-state index is -0.603. The number of hydrogen-bond donors (Lipinski definition) is 1. The molecule has 33 heavy (non-hydrogen) atoms. The molecule has 0 aliphatic heterocycles. The fraction of sp³-hybridized carbons (Fsp3) is 0.0400. The van der Waals surface area contributed by atoms with Crippen LogP contribution in [0.1, 0.15) is 10.4 Å². The number of nitrogens with zero attached hydrogens (tertiary/aromatic N) is 3. The second-order valence-corrected chi connectivity index (χ2v) is 8.38. The number of rotatable bonds is 4. The molecule has 162 valence electrons. The van der Waals surface area contributed by atoms with E-state index < -0.39 is 11.5 Å². The van der Waals surface area contributed by atoms with E-state index in [9.17, 15) is 14.0 Å². The van der Waals surface area contributed by atoms with Gasteiger partial charge in [-0.1, -0.05) is 72.0 Å². The van der Waals surface area contributed by atoms with E-state index >= 15 is 0 Å². The molecule has 2 heterocycles. The van der Waals surface area contributed by atoms with Crippen LogP contribution in [0.5, 0.6) is 0 Å². The molecule has 5 rings (SSSR count). The van der Waals surface area contributed by atoms with Gasteiger partial charge in [-0.05, 0) is 23.8 Å². The van der Waals surface area contributed by atoms with Crippen molar-refractivity contribution in [3.8, 4) is 22.4 Å². The Balaban J connectivity index is 1.69. The topological polar surface area (TPSA) is 76.9 Å². The Bertz CT molecular complexity index is 1550. The maximum absolute atomic E-state index is 13.6. The third-order valence-corrected chi connectivity index (χ3v) is 6.09. The minimum absolute atomic E-state index is 0.0389. The molecule has 0 aliphatic carbocycles. The van der Waals surface area contributed by atoms with Gasteiger partial charge in [0.1, 0.15) is 11.4 Å². The van der Waals surface area contributed by atoms with Gasteiger partial charge in [0, 0.05) is 18.2 Å². The normalized spacial score (nSPS) is 11.0. The van der Waals surface area contributed by atoms with Crippen LogP contribution in [0.2, 0.25) is 0 Å². The number of carbonyl (C=O) groups is 1. The fourth-order valence-electron chi connectivity index (χ4n) is 3.64. The highest BCUT2D eigenvalue weighted by molar-refractivity contribution is 7.22. The number of aryl methyl sites for hydroxylation is 1. The fourth-order valence-corrected chi connectivity index (χ4v) is 4.52. The largest absolute Gasteiger partial charge is 0.298 e. The summed E-state index contributed by atoms with van der Waals surface area (Å²) in [5, 5.41) is 7.49. The third kappa shape index (κ3) is 3.92. The second kappa shape index (κ2) is 8.40. The summed E-state index contributed by atoms with van der Waals surface area (Å²) < 4.78 is 15.3. The SMILES string of the molecule is Cn1nc(-c2ccccc2)c(-c2ccccc2)c(C(=O)Nc2nc3ccc(F)cc3s2)c1=O. The van der Waals surface area contributed by atoms with E-state index in [0.717, 1.165) is 21.6 Å². The summed E-state index contributed by atoms with van der Waals surface area (Å²) in [6, 6.07) is 22.8. The lowest BCUT2D eigenvalue weighted by molar-refractivity contribution is 0.102. The summed E-state index contributed by atoms with van der Waals surface area (Å²) >= 11 is 1.14. The van der Waals surface area contributed by atoms with Gasteiger partial charge in [-0.3, -0.25) is 14.9 Å². The van der Waals surface area contributed by atoms with Crippen LogP contribution >= 0.6 is 11.3 Å². The molecular formula is C25H17FN4O2S. The predicted octanol–water partition coefficient (Wildman–Crippen LogP) is 5.12. The predicted molar refractivity (Wildman–Crippen MR) is 128 cm³/mol. The Labute approximate surface area is 192 Å². The summed E-state index contributed by atoms with van der Waals surface area (Å²) in [6.07, 6.45) is 0. The highest BCUT2D eigenvalue weighted by atomic mass is 32.1. The zero-order valence-electron chi connectivity index (χ0n) is 17.4. The molecule has 0 bridgehead atoms. The first-order valence-electron chi connectivity index (χ1n) is 10.1. The average Bonchev–Trinajstić information content (AvgIpc) is 3.22. The number of aromatic nitrogens is 3. The quantitative estimate of drug-likeness (QED) is 0.407. The molecule has 0 aliphatic rings. The average molecular weight is 457 g/mol. The first-order chi connectivity index (χ1) is 16.0. The molecule has 6 nitrogen and oxygen atoms in total. The van der Waals surface area contributed by atoms with Gasteiger partial charge < -0.3 is 0 Å². The Morgan fingerprint density at radius 1 is 0.970 bits per heavy atom. The number of carbonyl (C=O) groups excluding carboxylic acids is 1. The number of anilines is 1. The van der Waals surface area contributed by atoms with Crippen LogP contribution in [0.25, 0.3) is 32.6 Å². The Morgan fingerprint density at radius 2 is 1.64 bits per heavy atom. The zero-order valence-corrected chi connectivity index (χ0v) is 18.3. The molecule has 3 aromatic carbocycles. The monoisotopic (exact) mass is 456 g/mol. The molecular weight excluding hydrogens is 439 g/mol. The molecule has 0 radical (unpaired) electrons. The van der Waals surface area contributed by atoms with Gasteiger partial charge in [0.25, 0.3) is 11.5 Å². The van der Waals surface area contributed by atoms with Gasteiger partial charge in [-0.15, -0.1) is 0 Å². The Hall–Kier alpha value is -4.17. The van der Waals surface area contributed by atoms with Crippen molar-refractivity contribution in [2.75, 3.05) is 5.32 Å². The van der Waals surface area contributed by atoms with Crippen LogP contribution in [0, 0.1) is 5.82 Å². The van der Waals surface area contributed by atoms with Crippen LogP contribution in [0.15, 0.2) is 83.7 Å². The van der Waals surface area contributed by atoms with Crippen molar-refractivity contribution in [3.05, 3.63) is 101 Å². The van der Waals surface area contributed by atoms with Crippen molar-refractivity contribution in [3.63, 3.8) is 0 Å². The number of benzene rings is 3. The molecule has 1 amide bonds. The maximum atomic E-state index is 13.6. The highest BCUT2D eigenvalue weighted by Gasteiger charge is 2.25. The van der Waals surface area contributed by atoms with Gasteiger partial charge in [-0.2, -0.15) is 5.10 Å². The molecule has 0 atom stereocenters. The van der Waals surface area contributed by atoms with Crippen molar-refractivity contribution in [1.29, 1.82) is 0 Å². The van der Waals surface area contributed by atoms with E-state index in [0.29, 0.717) is 27.0 Å². The second-order valence-electron chi connectivity index (χ2n) is 7.34. The van der Waals surface area contributed by atoms with Crippen molar-refractivity contribution < 1.29 is 9.18 Å². The lowest BCUT2D eigenvalue weighted by Crippen LogP contribution is -2.31. The zero-order chi connectivity index (χ0) is 22.9. The summed E-state index contributed by atoms with van der Waals surface area (Å²) in [7, 11) is 1.51. The van der Waals surface area contributed by atoms with Crippen LogP contribution in [-0.4, -0.2) is 20.7 Å². The number of fused-ring (bicyclic) bond motifs is 1. The van der Waals surface area contributed by atoms with Crippen molar-refractivity contribution >= 4 is 32.6 Å². The Morgan fingerprint density at radius 3 is 2.33 bits per heavy atom. The van der Waals surface area contributed by atoms with E-state index in [4.69, 9.17) is 0 Å². The first-order valence-corrected chi connectivity index (χ1v) is 10.9. The van der Waals surface area contributed by atoms with Crippen LogP contribution in [0.4, 0.5) is 9.52 Å². The lowest BCUT2D eigenvalue weighted by Gasteiger charge is -2.15. The number of amides is 1. The molecule has 0 saturated carbocycles. The maximum Gasteiger partial charge on any atom is 0.280 e. The van der Waals surface area contributed by atoms with Crippen molar-refractivity contribution in [1.82, 2.24) is 14.8 Å². The molecule has 0 spiro atoms. The van der Waals surface area contributed by atoms with E-state index in [1.807, 2.05) is 60.7 Å². The summed E-state index contributed by atoms with van der Waals surface area (Å²) in [4.78, 5) is 31.0. The number of thiazole rings is 1. The van der Waals surface area contributed by atoms with E-state index in [1.54, 1.807) is 6.07 Å². The molecule has 8 heteroatoms. The van der Waals surface area contributed by atoms with Crippen molar-refractivity contribution in [2.45, 2.75) is 0 Å². The van der Waals surface area contributed by atoms with Crippen molar-refractivity contribution in [2.24, 2.45) is 7.05 Å². The first kappa shape index (κ1) is 20.7. The smallest absolute Gasteiger partial charge is 0.280 e. The van der Waals surface area contributed by atoms with Gasteiger partial charge in [0.2, 0.25) is 0 Å². The van der Waals surface area contributed by atoms with E-state index in [2.05, 4.69) is 15.4 Å². The lowest BCUT2D eigenvalue weighted by atomic mass is 9.95. The van der Waals surface area contributed by atoms with Gasteiger partial charge in [0.05, 0.1) is 15.9 Å². The molecule has 0 saturated heterocycles. The van der Waals surface area contributed by atoms with Crippen LogP contribution in [0.3, 0.4) is 0 Å².